The molecule has 1 N–H and O–H groups in total. The molecule has 0 radical (unpaired) electrons. The van der Waals surface area contributed by atoms with Crippen molar-refractivity contribution >= 4 is 34.1 Å². The van der Waals surface area contributed by atoms with Crippen LogP contribution in [0.25, 0.3) is 10.9 Å². The van der Waals surface area contributed by atoms with Gasteiger partial charge in [-0.25, -0.2) is 4.79 Å². The van der Waals surface area contributed by atoms with Gasteiger partial charge in [0.1, 0.15) is 0 Å². The first-order valence-corrected chi connectivity index (χ1v) is 9.03. The van der Waals surface area contributed by atoms with Crippen LogP contribution in [0.1, 0.15) is 34.1 Å². The largest absolute Gasteiger partial charge is 0.452 e. The predicted octanol–water partition coefficient (Wildman–Crippen LogP) is 3.14. The van der Waals surface area contributed by atoms with Crippen LogP contribution in [0, 0.1) is 0 Å². The number of ether oxygens (including phenoxy) is 1. The van der Waals surface area contributed by atoms with Crippen LogP contribution in [0.4, 0.5) is 0 Å². The van der Waals surface area contributed by atoms with Crippen molar-refractivity contribution in [3.8, 4) is 0 Å². The monoisotopic (exact) mass is 355 g/mol. The van der Waals surface area contributed by atoms with E-state index in [9.17, 15) is 9.59 Å². The Morgan fingerprint density at radius 2 is 2.28 bits per heavy atom. The number of aromatic amines is 1. The van der Waals surface area contributed by atoms with E-state index < -0.39 is 5.97 Å². The summed E-state index contributed by atoms with van der Waals surface area (Å²) in [6.45, 7) is 0.476. The Kier molecular flexibility index (Phi) is 4.23. The Bertz CT molecular complexity index is 903. The number of esters is 1. The fourth-order valence-electron chi connectivity index (χ4n) is 3.21. The maximum Gasteiger partial charge on any atom is 0.338 e. The first-order valence-electron chi connectivity index (χ1n) is 8.15. The summed E-state index contributed by atoms with van der Waals surface area (Å²) >= 11 is 1.65. The average Bonchev–Trinajstić information content (AvgIpc) is 3.38. The van der Waals surface area contributed by atoms with Gasteiger partial charge < -0.3 is 9.64 Å². The molecule has 1 aromatic carbocycles. The number of carbonyl (C=O) groups excluding carboxylic acids is 2. The lowest BCUT2D eigenvalue weighted by Crippen LogP contribution is -2.34. The third-order valence-electron chi connectivity index (χ3n) is 4.45. The van der Waals surface area contributed by atoms with E-state index in [2.05, 4.69) is 10.2 Å². The van der Waals surface area contributed by atoms with Crippen LogP contribution in [0.2, 0.25) is 0 Å². The molecule has 1 atom stereocenters. The van der Waals surface area contributed by atoms with Gasteiger partial charge in [0.25, 0.3) is 5.91 Å². The molecule has 1 saturated heterocycles. The third kappa shape index (κ3) is 3.15. The van der Waals surface area contributed by atoms with Gasteiger partial charge >= 0.3 is 5.97 Å². The second-order valence-corrected chi connectivity index (χ2v) is 6.99. The van der Waals surface area contributed by atoms with Crippen LogP contribution in [-0.2, 0) is 9.53 Å². The minimum absolute atomic E-state index is 0.105. The third-order valence-corrected chi connectivity index (χ3v) is 5.42. The number of benzene rings is 1. The lowest BCUT2D eigenvalue weighted by molar-refractivity contribution is -0.135. The Labute approximate surface area is 148 Å². The number of nitrogens with one attached hydrogen (secondary N) is 1. The Balaban J connectivity index is 1.40. The number of fused-ring (bicyclic) bond motifs is 1. The molecule has 1 amide bonds. The zero-order chi connectivity index (χ0) is 17.2. The maximum atomic E-state index is 12.5. The van der Waals surface area contributed by atoms with Crippen molar-refractivity contribution in [2.45, 2.75) is 18.9 Å². The second kappa shape index (κ2) is 6.68. The molecule has 4 rings (SSSR count). The highest BCUT2D eigenvalue weighted by molar-refractivity contribution is 7.10. The molecule has 0 spiro atoms. The number of likely N-dealkylation sites (tertiary alicyclic amines) is 1. The molecule has 128 valence electrons. The van der Waals surface area contributed by atoms with Crippen molar-refractivity contribution in [3.63, 3.8) is 0 Å². The highest BCUT2D eigenvalue weighted by atomic mass is 32.1. The molecule has 0 saturated carbocycles. The molecule has 25 heavy (non-hydrogen) atoms. The van der Waals surface area contributed by atoms with Crippen molar-refractivity contribution in [3.05, 3.63) is 52.3 Å². The molecule has 1 aliphatic heterocycles. The van der Waals surface area contributed by atoms with E-state index in [-0.39, 0.29) is 18.6 Å². The molecule has 1 aliphatic rings. The second-order valence-electron chi connectivity index (χ2n) is 6.01. The Morgan fingerprint density at radius 1 is 1.36 bits per heavy atom. The van der Waals surface area contributed by atoms with Crippen LogP contribution < -0.4 is 0 Å². The van der Waals surface area contributed by atoms with E-state index in [1.165, 1.54) is 4.88 Å². The molecular weight excluding hydrogens is 338 g/mol. The van der Waals surface area contributed by atoms with Crippen LogP contribution in [0.3, 0.4) is 0 Å². The number of nitrogens with zero attached hydrogens (tertiary/aromatic N) is 2. The smallest absolute Gasteiger partial charge is 0.338 e. The minimum Gasteiger partial charge on any atom is -0.452 e. The van der Waals surface area contributed by atoms with Crippen molar-refractivity contribution < 1.29 is 14.3 Å². The van der Waals surface area contributed by atoms with Crippen molar-refractivity contribution in [1.82, 2.24) is 15.1 Å². The van der Waals surface area contributed by atoms with Gasteiger partial charge in [-0.15, -0.1) is 11.3 Å². The van der Waals surface area contributed by atoms with Crippen LogP contribution in [-0.4, -0.2) is 40.1 Å². The first kappa shape index (κ1) is 15.8. The zero-order valence-corrected chi connectivity index (χ0v) is 14.3. The summed E-state index contributed by atoms with van der Waals surface area (Å²) in [7, 11) is 0. The van der Waals surface area contributed by atoms with Crippen molar-refractivity contribution in [2.24, 2.45) is 0 Å². The van der Waals surface area contributed by atoms with E-state index in [4.69, 9.17) is 4.74 Å². The molecule has 7 heteroatoms. The Morgan fingerprint density at radius 3 is 3.12 bits per heavy atom. The number of hydrogen-bond acceptors (Lipinski definition) is 5. The summed E-state index contributed by atoms with van der Waals surface area (Å²) in [5, 5.41) is 9.60. The summed E-state index contributed by atoms with van der Waals surface area (Å²) in [5.41, 5.74) is 1.27. The van der Waals surface area contributed by atoms with Gasteiger partial charge in [0.15, 0.2) is 6.61 Å². The van der Waals surface area contributed by atoms with E-state index in [0.717, 1.165) is 23.7 Å². The van der Waals surface area contributed by atoms with Gasteiger partial charge in [0.05, 0.1) is 23.3 Å². The van der Waals surface area contributed by atoms with Crippen LogP contribution in [0.5, 0.6) is 0 Å². The minimum atomic E-state index is -0.497. The average molecular weight is 355 g/mol. The SMILES string of the molecule is O=C(OCC(=O)N1CCCC1c1cccs1)c1ccc2[nH]ncc2c1. The molecule has 3 aromatic rings. The van der Waals surface area contributed by atoms with Gasteiger partial charge in [-0.3, -0.25) is 9.89 Å². The fourth-order valence-corrected chi connectivity index (χ4v) is 4.08. The van der Waals surface area contributed by atoms with Crippen molar-refractivity contribution in [1.29, 1.82) is 0 Å². The standard InChI is InChI=1S/C18H17N3O3S/c22-17(21-7-1-3-15(21)16-4-2-8-25-16)11-24-18(23)12-5-6-14-13(9-12)10-19-20-14/h2,4-6,8-10,15H,1,3,7,11H2,(H,19,20). The lowest BCUT2D eigenvalue weighted by atomic mass is 10.1. The summed E-state index contributed by atoms with van der Waals surface area (Å²) in [6, 6.07) is 9.29. The van der Waals surface area contributed by atoms with E-state index >= 15 is 0 Å². The Hall–Kier alpha value is -2.67. The number of carbonyl (C=O) groups is 2. The number of amides is 1. The highest BCUT2D eigenvalue weighted by Gasteiger charge is 2.31. The quantitative estimate of drug-likeness (QED) is 0.730. The molecular formula is C18H17N3O3S. The first-order chi connectivity index (χ1) is 12.2. The van der Waals surface area contributed by atoms with Gasteiger partial charge in [0, 0.05) is 16.8 Å². The molecule has 0 aliphatic carbocycles. The van der Waals surface area contributed by atoms with Crippen LogP contribution in [0.15, 0.2) is 41.9 Å². The number of rotatable bonds is 4. The highest BCUT2D eigenvalue weighted by Crippen LogP contribution is 2.34. The van der Waals surface area contributed by atoms with Crippen molar-refractivity contribution in [2.75, 3.05) is 13.2 Å². The topological polar surface area (TPSA) is 75.3 Å². The van der Waals surface area contributed by atoms with Gasteiger partial charge in [-0.2, -0.15) is 5.10 Å². The van der Waals surface area contributed by atoms with E-state index in [1.807, 2.05) is 22.4 Å². The lowest BCUT2D eigenvalue weighted by Gasteiger charge is -2.23. The molecule has 1 fully saturated rings. The summed E-state index contributed by atoms with van der Waals surface area (Å²) < 4.78 is 5.24. The molecule has 1 unspecified atom stereocenters. The number of hydrogen-bond donors (Lipinski definition) is 1. The summed E-state index contributed by atoms with van der Waals surface area (Å²) in [5.74, 6) is -0.642. The van der Waals surface area contributed by atoms with E-state index in [1.54, 1.807) is 35.7 Å². The van der Waals surface area contributed by atoms with Crippen LogP contribution >= 0.6 is 11.3 Å². The molecule has 2 aromatic heterocycles. The molecule has 3 heterocycles. The molecule has 6 nitrogen and oxygen atoms in total. The normalized spacial score (nSPS) is 17.1. The number of aromatic nitrogens is 2. The summed E-state index contributed by atoms with van der Waals surface area (Å²) in [6.07, 6.45) is 3.57. The number of H-pyrrole nitrogens is 1. The predicted molar refractivity (Wildman–Crippen MR) is 94.4 cm³/mol. The fraction of sp³-hybridized carbons (Fsp3) is 0.278. The van der Waals surface area contributed by atoms with E-state index in [0.29, 0.717) is 12.1 Å². The summed E-state index contributed by atoms with van der Waals surface area (Å²) in [4.78, 5) is 27.7. The van der Waals surface area contributed by atoms with Gasteiger partial charge in [-0.05, 0) is 42.5 Å². The maximum absolute atomic E-state index is 12.5. The van der Waals surface area contributed by atoms with Gasteiger partial charge in [-0.1, -0.05) is 6.07 Å². The number of thiophene rings is 1. The molecule has 0 bridgehead atoms. The zero-order valence-electron chi connectivity index (χ0n) is 13.5. The van der Waals surface area contributed by atoms with Gasteiger partial charge in [0.2, 0.25) is 0 Å².